The van der Waals surface area contributed by atoms with E-state index in [2.05, 4.69) is 5.16 Å². The topological polar surface area (TPSA) is 92.9 Å². The van der Waals surface area contributed by atoms with Gasteiger partial charge in [-0.1, -0.05) is 35.5 Å². The molecule has 0 bridgehead atoms. The van der Waals surface area contributed by atoms with E-state index in [4.69, 9.17) is 9.26 Å². The molecule has 1 fully saturated rings. The number of hydrogen-bond donors (Lipinski definition) is 1. The second-order valence-corrected chi connectivity index (χ2v) is 7.96. The van der Waals surface area contributed by atoms with E-state index in [1.165, 1.54) is 23.1 Å². The van der Waals surface area contributed by atoms with Crippen LogP contribution in [0, 0.1) is 12.7 Å². The lowest BCUT2D eigenvalue weighted by molar-refractivity contribution is -0.132. The lowest BCUT2D eigenvalue weighted by atomic mass is 9.95. The van der Waals surface area contributed by atoms with Crippen molar-refractivity contribution >= 4 is 23.3 Å². The Morgan fingerprint density at radius 3 is 2.37 bits per heavy atom. The predicted molar refractivity (Wildman–Crippen MR) is 125 cm³/mol. The molecule has 0 spiro atoms. The van der Waals surface area contributed by atoms with Crippen molar-refractivity contribution < 1.29 is 28.3 Å². The number of aliphatic hydroxyl groups excluding tert-OH is 1. The van der Waals surface area contributed by atoms with Gasteiger partial charge in [0.1, 0.15) is 28.8 Å². The lowest BCUT2D eigenvalue weighted by Gasteiger charge is -2.23. The molecule has 0 aliphatic carbocycles. The number of benzene rings is 3. The number of ketones is 1. The second kappa shape index (κ2) is 8.90. The van der Waals surface area contributed by atoms with Gasteiger partial charge in [0.15, 0.2) is 5.82 Å². The number of anilines is 1. The van der Waals surface area contributed by atoms with Gasteiger partial charge in [-0.2, -0.15) is 0 Å². The molecule has 3 aromatic carbocycles. The van der Waals surface area contributed by atoms with Crippen molar-refractivity contribution in [2.75, 3.05) is 4.90 Å². The minimum Gasteiger partial charge on any atom is -0.507 e. The average molecular weight is 470 g/mol. The number of ether oxygens (including phenoxy) is 1. The van der Waals surface area contributed by atoms with Crippen LogP contribution >= 0.6 is 0 Å². The van der Waals surface area contributed by atoms with Gasteiger partial charge in [0.25, 0.3) is 5.78 Å². The highest BCUT2D eigenvalue weighted by molar-refractivity contribution is 6.51. The van der Waals surface area contributed by atoms with Gasteiger partial charge in [-0.3, -0.25) is 14.5 Å². The molecule has 0 saturated carbocycles. The number of Topliss-reactive ketones (excluding diaryl/α,β-unsaturated/α-hetero) is 1. The quantitative estimate of drug-likeness (QED) is 0.234. The molecule has 1 N–H and O–H groups in total. The summed E-state index contributed by atoms with van der Waals surface area (Å²) < 4.78 is 24.5. The molecule has 1 amide bonds. The highest BCUT2D eigenvalue weighted by atomic mass is 19.1. The molecular formula is C27H19FN2O5. The first-order valence-corrected chi connectivity index (χ1v) is 10.8. The number of rotatable bonds is 5. The second-order valence-electron chi connectivity index (χ2n) is 7.96. The zero-order chi connectivity index (χ0) is 24.5. The normalized spacial score (nSPS) is 17.1. The summed E-state index contributed by atoms with van der Waals surface area (Å²) in [5.41, 5.74) is 0.545. The maximum atomic E-state index is 13.5. The third kappa shape index (κ3) is 4.17. The molecule has 1 aromatic heterocycles. The number of halogens is 1. The number of nitrogens with zero attached hydrogens (tertiary/aromatic N) is 2. The largest absolute Gasteiger partial charge is 0.507 e. The van der Waals surface area contributed by atoms with Gasteiger partial charge in [-0.25, -0.2) is 4.39 Å². The Balaban J connectivity index is 1.65. The Morgan fingerprint density at radius 1 is 0.971 bits per heavy atom. The van der Waals surface area contributed by atoms with Crippen molar-refractivity contribution in [3.05, 3.63) is 113 Å². The summed E-state index contributed by atoms with van der Waals surface area (Å²) in [6.07, 6.45) is 0. The van der Waals surface area contributed by atoms with Gasteiger partial charge < -0.3 is 14.4 Å². The SMILES string of the molecule is Cc1cc(N2C(=O)C(=O)C(=C(O)c3ccc(F)cc3)C2c2cccc(Oc3ccccc3)c2)no1. The predicted octanol–water partition coefficient (Wildman–Crippen LogP) is 5.54. The summed E-state index contributed by atoms with van der Waals surface area (Å²) in [6, 6.07) is 21.5. The average Bonchev–Trinajstić information content (AvgIpc) is 3.40. The summed E-state index contributed by atoms with van der Waals surface area (Å²) in [5, 5.41) is 15.0. The Bertz CT molecular complexity index is 1440. The van der Waals surface area contributed by atoms with Crippen LogP contribution in [-0.2, 0) is 9.59 Å². The third-order valence-electron chi connectivity index (χ3n) is 5.58. The fourth-order valence-electron chi connectivity index (χ4n) is 3.99. The molecule has 1 unspecified atom stereocenters. The van der Waals surface area contributed by atoms with Gasteiger partial charge >= 0.3 is 5.91 Å². The van der Waals surface area contributed by atoms with Crippen molar-refractivity contribution in [2.24, 2.45) is 0 Å². The van der Waals surface area contributed by atoms with Gasteiger partial charge in [-0.05, 0) is 61.0 Å². The van der Waals surface area contributed by atoms with Crippen LogP contribution in [0.4, 0.5) is 10.2 Å². The van der Waals surface area contributed by atoms with Gasteiger partial charge in [0, 0.05) is 11.6 Å². The Labute approximate surface area is 199 Å². The molecule has 7 nitrogen and oxygen atoms in total. The number of aromatic nitrogens is 1. The maximum absolute atomic E-state index is 13.5. The minimum atomic E-state index is -1.02. The number of para-hydroxylation sites is 1. The van der Waals surface area contributed by atoms with Crippen molar-refractivity contribution in [2.45, 2.75) is 13.0 Å². The van der Waals surface area contributed by atoms with Crippen LogP contribution < -0.4 is 9.64 Å². The van der Waals surface area contributed by atoms with Gasteiger partial charge in [-0.15, -0.1) is 0 Å². The van der Waals surface area contributed by atoms with E-state index in [1.807, 2.05) is 18.2 Å². The Morgan fingerprint density at radius 2 is 1.69 bits per heavy atom. The fourth-order valence-corrected chi connectivity index (χ4v) is 3.99. The number of amides is 1. The van der Waals surface area contributed by atoms with E-state index in [0.29, 0.717) is 22.8 Å². The fraction of sp³-hybridized carbons (Fsp3) is 0.0741. The van der Waals surface area contributed by atoms with Gasteiger partial charge in [0.2, 0.25) is 0 Å². The van der Waals surface area contributed by atoms with Crippen LogP contribution in [0.15, 0.2) is 95.0 Å². The molecule has 1 saturated heterocycles. The summed E-state index contributed by atoms with van der Waals surface area (Å²) in [4.78, 5) is 27.5. The molecule has 174 valence electrons. The summed E-state index contributed by atoms with van der Waals surface area (Å²) in [6.45, 7) is 1.66. The zero-order valence-corrected chi connectivity index (χ0v) is 18.5. The molecule has 1 atom stereocenters. The molecular weight excluding hydrogens is 451 g/mol. The Hall–Kier alpha value is -4.72. The summed E-state index contributed by atoms with van der Waals surface area (Å²) in [7, 11) is 0. The first kappa shape index (κ1) is 22.1. The maximum Gasteiger partial charge on any atom is 0.301 e. The smallest absolute Gasteiger partial charge is 0.301 e. The minimum absolute atomic E-state index is 0.127. The number of carbonyl (C=O) groups is 2. The standard InChI is InChI=1S/C27H19FN2O5/c1-16-14-22(29-35-16)30-24(18-6-5-9-21(15-18)34-20-7-3-2-4-8-20)23(26(32)27(30)33)25(31)17-10-12-19(28)13-11-17/h2-15,24,31H,1H3. The highest BCUT2D eigenvalue weighted by Gasteiger charge is 2.48. The van der Waals surface area contributed by atoms with E-state index < -0.39 is 29.3 Å². The van der Waals surface area contributed by atoms with Crippen LogP contribution in [0.5, 0.6) is 11.5 Å². The van der Waals surface area contributed by atoms with E-state index in [1.54, 1.807) is 43.3 Å². The van der Waals surface area contributed by atoms with E-state index in [9.17, 15) is 19.1 Å². The monoisotopic (exact) mass is 470 g/mol. The van der Waals surface area contributed by atoms with Crippen molar-refractivity contribution in [3.63, 3.8) is 0 Å². The number of aryl methyl sites for hydroxylation is 1. The Kier molecular flexibility index (Phi) is 5.62. The third-order valence-corrected chi connectivity index (χ3v) is 5.58. The van der Waals surface area contributed by atoms with Crippen molar-refractivity contribution in [1.82, 2.24) is 5.16 Å². The van der Waals surface area contributed by atoms with Crippen LogP contribution in [-0.4, -0.2) is 22.0 Å². The van der Waals surface area contributed by atoms with E-state index in [-0.39, 0.29) is 17.0 Å². The van der Waals surface area contributed by atoms with E-state index >= 15 is 0 Å². The molecule has 0 radical (unpaired) electrons. The molecule has 8 heteroatoms. The van der Waals surface area contributed by atoms with Crippen molar-refractivity contribution in [1.29, 1.82) is 0 Å². The molecule has 5 rings (SSSR count). The zero-order valence-electron chi connectivity index (χ0n) is 18.5. The van der Waals surface area contributed by atoms with E-state index in [0.717, 1.165) is 12.1 Å². The number of hydrogen-bond acceptors (Lipinski definition) is 6. The first-order chi connectivity index (χ1) is 16.9. The molecule has 35 heavy (non-hydrogen) atoms. The van der Waals surface area contributed by atoms with Crippen LogP contribution in [0.3, 0.4) is 0 Å². The van der Waals surface area contributed by atoms with Crippen LogP contribution in [0.25, 0.3) is 5.76 Å². The first-order valence-electron chi connectivity index (χ1n) is 10.8. The molecule has 1 aliphatic rings. The highest BCUT2D eigenvalue weighted by Crippen LogP contribution is 2.42. The van der Waals surface area contributed by atoms with Crippen LogP contribution in [0.2, 0.25) is 0 Å². The van der Waals surface area contributed by atoms with Gasteiger partial charge in [0.05, 0.1) is 11.6 Å². The molecule has 1 aliphatic heterocycles. The van der Waals surface area contributed by atoms with Crippen molar-refractivity contribution in [3.8, 4) is 11.5 Å². The summed E-state index contributed by atoms with van der Waals surface area (Å²) >= 11 is 0. The lowest BCUT2D eigenvalue weighted by Crippen LogP contribution is -2.29. The number of carbonyl (C=O) groups excluding carboxylic acids is 2. The number of aliphatic hydroxyl groups is 1. The summed E-state index contributed by atoms with van der Waals surface area (Å²) in [5.74, 6) is -1.04. The molecule has 2 heterocycles. The van der Waals surface area contributed by atoms with Crippen LogP contribution in [0.1, 0.15) is 22.9 Å². The molecule has 4 aromatic rings.